The van der Waals surface area contributed by atoms with Crippen molar-refractivity contribution in [1.82, 2.24) is 15.4 Å². The van der Waals surface area contributed by atoms with E-state index in [1.807, 2.05) is 24.3 Å². The van der Waals surface area contributed by atoms with Crippen molar-refractivity contribution >= 4 is 50.0 Å². The minimum absolute atomic E-state index is 0.0658. The highest BCUT2D eigenvalue weighted by Crippen LogP contribution is 2.22. The number of ether oxygens (including phenoxy) is 1. The summed E-state index contributed by atoms with van der Waals surface area (Å²) in [5, 5.41) is 13.6. The Kier molecular flexibility index (Phi) is 4.99. The van der Waals surface area contributed by atoms with Gasteiger partial charge < -0.3 is 4.74 Å². The topological polar surface area (TPSA) is 113 Å². The Balaban J connectivity index is 1.53. The molecule has 8 nitrogen and oxygen atoms in total. The molecule has 2 heterocycles. The van der Waals surface area contributed by atoms with Crippen molar-refractivity contribution in [3.05, 3.63) is 40.3 Å². The van der Waals surface area contributed by atoms with Crippen LogP contribution in [0.15, 0.2) is 29.6 Å². The van der Waals surface area contributed by atoms with E-state index in [1.54, 1.807) is 5.38 Å². The molecule has 0 bridgehead atoms. The van der Waals surface area contributed by atoms with Crippen molar-refractivity contribution in [2.45, 2.75) is 13.0 Å². The molecule has 2 amide bonds. The van der Waals surface area contributed by atoms with Crippen LogP contribution in [0, 0.1) is 0 Å². The lowest BCUT2D eigenvalue weighted by Gasteiger charge is -2.02. The maximum Gasteiger partial charge on any atom is 0.413 e. The number of nitrogens with zero attached hydrogens (tertiary/aromatic N) is 2. The van der Waals surface area contributed by atoms with Crippen molar-refractivity contribution in [2.24, 2.45) is 0 Å². The van der Waals surface area contributed by atoms with E-state index < -0.39 is 12.0 Å². The van der Waals surface area contributed by atoms with Gasteiger partial charge in [0.25, 0.3) is 0 Å². The fourth-order valence-electron chi connectivity index (χ4n) is 1.88. The summed E-state index contributed by atoms with van der Waals surface area (Å²) < 4.78 is 6.15. The number of rotatable bonds is 5. The average molecular weight is 364 g/mol. The molecule has 0 atom stereocenters. The SMILES string of the molecule is O=C(Cc1csc(NC(=O)OCc2nc3ccccc3s2)n1)NO. The maximum atomic E-state index is 11.8. The van der Waals surface area contributed by atoms with Crippen molar-refractivity contribution in [3.63, 3.8) is 0 Å². The van der Waals surface area contributed by atoms with Crippen LogP contribution in [0.3, 0.4) is 0 Å². The highest BCUT2D eigenvalue weighted by Gasteiger charge is 2.11. The molecule has 0 aliphatic carbocycles. The zero-order valence-corrected chi connectivity index (χ0v) is 13.8. The number of para-hydroxylation sites is 1. The minimum atomic E-state index is -0.651. The number of fused-ring (bicyclic) bond motifs is 1. The molecule has 0 saturated heterocycles. The highest BCUT2D eigenvalue weighted by atomic mass is 32.1. The molecule has 1 aromatic carbocycles. The first-order chi connectivity index (χ1) is 11.6. The summed E-state index contributed by atoms with van der Waals surface area (Å²) in [6, 6.07) is 7.68. The second-order valence-corrected chi connectivity index (χ2v) is 6.61. The van der Waals surface area contributed by atoms with Crippen LogP contribution in [0.4, 0.5) is 9.93 Å². The molecule has 3 aromatic rings. The third kappa shape index (κ3) is 4.04. The first kappa shape index (κ1) is 16.3. The van der Waals surface area contributed by atoms with Gasteiger partial charge in [-0.15, -0.1) is 22.7 Å². The van der Waals surface area contributed by atoms with Gasteiger partial charge in [-0.05, 0) is 12.1 Å². The number of hydrogen-bond acceptors (Lipinski definition) is 8. The van der Waals surface area contributed by atoms with E-state index in [1.165, 1.54) is 16.8 Å². The molecule has 10 heteroatoms. The molecule has 0 aliphatic rings. The molecule has 3 rings (SSSR count). The summed E-state index contributed by atoms with van der Waals surface area (Å²) in [5.41, 5.74) is 2.83. The van der Waals surface area contributed by atoms with Gasteiger partial charge in [0.05, 0.1) is 22.3 Å². The first-order valence-electron chi connectivity index (χ1n) is 6.79. The number of aromatic nitrogens is 2. The minimum Gasteiger partial charge on any atom is -0.442 e. The molecule has 3 N–H and O–H groups in total. The summed E-state index contributed by atoms with van der Waals surface area (Å²) in [6.45, 7) is 0.0658. The van der Waals surface area contributed by atoms with Crippen LogP contribution in [-0.2, 0) is 22.6 Å². The van der Waals surface area contributed by atoms with Crippen LogP contribution in [0.5, 0.6) is 0 Å². The molecule has 24 heavy (non-hydrogen) atoms. The third-order valence-corrected chi connectivity index (χ3v) is 4.71. The van der Waals surface area contributed by atoms with E-state index in [2.05, 4.69) is 15.3 Å². The summed E-state index contributed by atoms with van der Waals surface area (Å²) >= 11 is 2.62. The molecule has 0 unspecified atom stereocenters. The number of amides is 2. The predicted octanol–water partition coefficient (Wildman–Crippen LogP) is 2.55. The molecule has 124 valence electrons. The summed E-state index contributed by atoms with van der Waals surface area (Å²) in [7, 11) is 0. The fourth-order valence-corrected chi connectivity index (χ4v) is 3.46. The van der Waals surface area contributed by atoms with Crippen LogP contribution >= 0.6 is 22.7 Å². The fraction of sp³-hybridized carbons (Fsp3) is 0.143. The van der Waals surface area contributed by atoms with E-state index in [-0.39, 0.29) is 13.0 Å². The summed E-state index contributed by atoms with van der Waals surface area (Å²) in [6.07, 6.45) is -0.725. The van der Waals surface area contributed by atoms with E-state index >= 15 is 0 Å². The van der Waals surface area contributed by atoms with Gasteiger partial charge in [0.15, 0.2) is 5.13 Å². The maximum absolute atomic E-state index is 11.8. The standard InChI is InChI=1S/C14H12N4O4S2/c19-11(18-21)5-8-7-23-13(15-8)17-14(20)22-6-12-16-9-3-1-2-4-10(9)24-12/h1-4,7,21H,5-6H2,(H,18,19)(H,15,17,20). The second kappa shape index (κ2) is 7.34. The first-order valence-corrected chi connectivity index (χ1v) is 8.49. The van der Waals surface area contributed by atoms with Crippen LogP contribution < -0.4 is 10.8 Å². The monoisotopic (exact) mass is 364 g/mol. The number of anilines is 1. The summed E-state index contributed by atoms with van der Waals surface area (Å²) in [5.74, 6) is -0.578. The molecule has 0 aliphatic heterocycles. The number of carbonyl (C=O) groups excluding carboxylic acids is 2. The zero-order chi connectivity index (χ0) is 16.9. The van der Waals surface area contributed by atoms with E-state index in [0.717, 1.165) is 21.6 Å². The number of thiazole rings is 2. The van der Waals surface area contributed by atoms with Gasteiger partial charge in [-0.2, -0.15) is 0 Å². The smallest absolute Gasteiger partial charge is 0.413 e. The van der Waals surface area contributed by atoms with E-state index in [4.69, 9.17) is 9.94 Å². The number of benzene rings is 1. The quantitative estimate of drug-likeness (QED) is 0.474. The van der Waals surface area contributed by atoms with E-state index in [0.29, 0.717) is 15.8 Å². The molecule has 0 fully saturated rings. The summed E-state index contributed by atoms with van der Waals surface area (Å²) in [4.78, 5) is 31.2. The van der Waals surface area contributed by atoms with Crippen molar-refractivity contribution in [1.29, 1.82) is 0 Å². The Labute approximate surface area is 144 Å². The Morgan fingerprint density at radius 2 is 2.08 bits per heavy atom. The normalized spacial score (nSPS) is 10.5. The molecule has 2 aromatic heterocycles. The Hall–Kier alpha value is -2.56. The van der Waals surface area contributed by atoms with Crippen molar-refractivity contribution < 1.29 is 19.5 Å². The lowest BCUT2D eigenvalue weighted by molar-refractivity contribution is -0.128. The Morgan fingerprint density at radius 1 is 1.25 bits per heavy atom. The van der Waals surface area contributed by atoms with Crippen molar-refractivity contribution in [3.8, 4) is 0 Å². The molecule has 0 radical (unpaired) electrons. The average Bonchev–Trinajstić information content (AvgIpc) is 3.19. The Morgan fingerprint density at radius 3 is 2.88 bits per heavy atom. The lowest BCUT2D eigenvalue weighted by Crippen LogP contribution is -2.20. The molecule has 0 saturated carbocycles. The Bertz CT molecular complexity index is 843. The van der Waals surface area contributed by atoms with Crippen LogP contribution in [0.25, 0.3) is 10.2 Å². The molecular weight excluding hydrogens is 352 g/mol. The van der Waals surface area contributed by atoms with Crippen LogP contribution in [-0.4, -0.2) is 27.2 Å². The van der Waals surface area contributed by atoms with Crippen LogP contribution in [0.1, 0.15) is 10.7 Å². The third-order valence-electron chi connectivity index (χ3n) is 2.89. The van der Waals surface area contributed by atoms with Crippen molar-refractivity contribution in [2.75, 3.05) is 5.32 Å². The second-order valence-electron chi connectivity index (χ2n) is 4.63. The molecule has 0 spiro atoms. The van der Waals surface area contributed by atoms with Gasteiger partial charge in [0.2, 0.25) is 5.91 Å². The van der Waals surface area contributed by atoms with E-state index in [9.17, 15) is 9.59 Å². The van der Waals surface area contributed by atoms with Gasteiger partial charge in [0.1, 0.15) is 11.6 Å². The van der Waals surface area contributed by atoms with Gasteiger partial charge in [0, 0.05) is 5.38 Å². The largest absolute Gasteiger partial charge is 0.442 e. The van der Waals surface area contributed by atoms with Crippen LogP contribution in [0.2, 0.25) is 0 Å². The van der Waals surface area contributed by atoms with Gasteiger partial charge in [-0.25, -0.2) is 20.2 Å². The molecular formula is C14H12N4O4S2. The predicted molar refractivity (Wildman–Crippen MR) is 89.2 cm³/mol. The zero-order valence-electron chi connectivity index (χ0n) is 12.2. The van der Waals surface area contributed by atoms with Gasteiger partial charge >= 0.3 is 6.09 Å². The number of carbonyl (C=O) groups is 2. The highest BCUT2D eigenvalue weighted by molar-refractivity contribution is 7.18. The van der Waals surface area contributed by atoms with Gasteiger partial charge in [-0.3, -0.25) is 15.3 Å². The number of hydroxylamine groups is 1. The van der Waals surface area contributed by atoms with Gasteiger partial charge in [-0.1, -0.05) is 12.1 Å². The lowest BCUT2D eigenvalue weighted by atomic mass is 10.3. The number of hydrogen-bond donors (Lipinski definition) is 3. The number of nitrogens with one attached hydrogen (secondary N) is 2.